The van der Waals surface area contributed by atoms with Gasteiger partial charge in [0.1, 0.15) is 0 Å². The summed E-state index contributed by atoms with van der Waals surface area (Å²) >= 11 is 0. The van der Waals surface area contributed by atoms with Crippen molar-refractivity contribution < 1.29 is 14.4 Å². The predicted octanol–water partition coefficient (Wildman–Crippen LogP) is 2.62. The summed E-state index contributed by atoms with van der Waals surface area (Å²) in [4.78, 5) is 18.0. The van der Waals surface area contributed by atoms with E-state index in [1.165, 1.54) is 5.56 Å². The first kappa shape index (κ1) is 13.6. The molecule has 2 atom stereocenters. The summed E-state index contributed by atoms with van der Waals surface area (Å²) < 4.78 is 11.0. The van der Waals surface area contributed by atoms with Crippen molar-refractivity contribution in [3.05, 3.63) is 29.8 Å². The maximum Gasteiger partial charge on any atom is 0.325 e. The highest BCUT2D eigenvalue weighted by Gasteiger charge is 2.28. The second kappa shape index (κ2) is 5.43. The number of hydrogen-bond acceptors (Lipinski definition) is 2. The summed E-state index contributed by atoms with van der Waals surface area (Å²) in [6, 6.07) is 8.48. The highest BCUT2D eigenvalue weighted by atomic mass is 31.2. The smallest absolute Gasteiger partial charge is 0.325 e. The molecule has 1 aliphatic rings. The number of rotatable bonds is 4. The van der Waals surface area contributed by atoms with Gasteiger partial charge in [-0.15, -0.1) is 0 Å². The van der Waals surface area contributed by atoms with Crippen LogP contribution in [0.5, 0.6) is 0 Å². The van der Waals surface area contributed by atoms with Gasteiger partial charge in [-0.25, -0.2) is 0 Å². The lowest BCUT2D eigenvalue weighted by Gasteiger charge is -2.34. The van der Waals surface area contributed by atoms with Gasteiger partial charge in [-0.2, -0.15) is 0 Å². The fourth-order valence-electron chi connectivity index (χ4n) is 2.65. The van der Waals surface area contributed by atoms with Gasteiger partial charge in [0.25, 0.3) is 0 Å². The molecule has 0 saturated heterocycles. The maximum absolute atomic E-state index is 11.0. The fourth-order valence-corrected chi connectivity index (χ4v) is 3.32. The molecule has 0 aromatic heterocycles. The molecule has 4 nitrogen and oxygen atoms in total. The predicted molar refractivity (Wildman–Crippen MR) is 72.9 cm³/mol. The average molecular weight is 269 g/mol. The lowest BCUT2D eigenvalue weighted by Crippen LogP contribution is -2.35. The molecule has 1 aromatic carbocycles. The molecule has 5 heteroatoms. The zero-order valence-corrected chi connectivity index (χ0v) is 11.4. The van der Waals surface area contributed by atoms with Gasteiger partial charge in [-0.05, 0) is 36.8 Å². The van der Waals surface area contributed by atoms with E-state index in [0.29, 0.717) is 18.4 Å². The van der Waals surface area contributed by atoms with Crippen molar-refractivity contribution in [2.75, 3.05) is 11.5 Å². The van der Waals surface area contributed by atoms with Crippen LogP contribution in [0.3, 0.4) is 0 Å². The van der Waals surface area contributed by atoms with E-state index in [4.69, 9.17) is 9.79 Å². The third kappa shape index (κ3) is 3.35. The minimum atomic E-state index is -3.88. The highest BCUT2D eigenvalue weighted by molar-refractivity contribution is 7.51. The van der Waals surface area contributed by atoms with Crippen molar-refractivity contribution in [2.45, 2.75) is 32.2 Å². The van der Waals surface area contributed by atoms with Gasteiger partial charge in [0.05, 0.1) is 6.16 Å². The van der Waals surface area contributed by atoms with Crippen LogP contribution in [0.2, 0.25) is 0 Å². The van der Waals surface area contributed by atoms with Crippen molar-refractivity contribution in [1.82, 2.24) is 0 Å². The molecule has 100 valence electrons. The quantitative estimate of drug-likeness (QED) is 0.735. The van der Waals surface area contributed by atoms with Crippen molar-refractivity contribution in [1.29, 1.82) is 0 Å². The number of anilines is 1. The van der Waals surface area contributed by atoms with Gasteiger partial charge in [-0.1, -0.05) is 25.1 Å². The van der Waals surface area contributed by atoms with Crippen LogP contribution in [0.1, 0.15) is 25.3 Å². The Morgan fingerprint density at radius 3 is 2.78 bits per heavy atom. The second-order valence-electron chi connectivity index (χ2n) is 4.96. The van der Waals surface area contributed by atoms with Crippen molar-refractivity contribution in [3.63, 3.8) is 0 Å². The van der Waals surface area contributed by atoms with Crippen molar-refractivity contribution >= 4 is 13.3 Å². The van der Waals surface area contributed by atoms with Crippen LogP contribution in [-0.2, 0) is 11.0 Å². The van der Waals surface area contributed by atoms with E-state index >= 15 is 0 Å². The SMILES string of the molecule is CCC1Nc2ccccc2CC1CCP(=O)(O)O. The number of hydrogen-bond donors (Lipinski definition) is 3. The van der Waals surface area contributed by atoms with Crippen LogP contribution < -0.4 is 5.32 Å². The summed E-state index contributed by atoms with van der Waals surface area (Å²) in [5, 5.41) is 3.48. The van der Waals surface area contributed by atoms with E-state index < -0.39 is 7.60 Å². The Morgan fingerprint density at radius 2 is 2.11 bits per heavy atom. The number of para-hydroxylation sites is 1. The summed E-state index contributed by atoms with van der Waals surface area (Å²) in [7, 11) is -3.88. The molecule has 0 bridgehead atoms. The van der Waals surface area contributed by atoms with Crippen LogP contribution >= 0.6 is 7.60 Å². The molecule has 3 N–H and O–H groups in total. The summed E-state index contributed by atoms with van der Waals surface area (Å²) in [6.07, 6.45) is 2.43. The zero-order chi connectivity index (χ0) is 13.2. The molecule has 2 unspecified atom stereocenters. The van der Waals surface area contributed by atoms with Crippen molar-refractivity contribution in [3.8, 4) is 0 Å². The topological polar surface area (TPSA) is 69.6 Å². The third-order valence-electron chi connectivity index (χ3n) is 3.64. The molecule has 0 fully saturated rings. The van der Waals surface area contributed by atoms with Crippen LogP contribution in [-0.4, -0.2) is 22.0 Å². The fraction of sp³-hybridized carbons (Fsp3) is 0.538. The largest absolute Gasteiger partial charge is 0.382 e. The Bertz CT molecular complexity index is 457. The minimum Gasteiger partial charge on any atom is -0.382 e. The van der Waals surface area contributed by atoms with Gasteiger partial charge in [0.2, 0.25) is 0 Å². The molecule has 0 saturated carbocycles. The van der Waals surface area contributed by atoms with E-state index in [2.05, 4.69) is 24.4 Å². The van der Waals surface area contributed by atoms with Gasteiger partial charge < -0.3 is 15.1 Å². The molecule has 0 aliphatic carbocycles. The van der Waals surface area contributed by atoms with Gasteiger partial charge in [0, 0.05) is 11.7 Å². The normalized spacial score (nSPS) is 23.3. The lowest BCUT2D eigenvalue weighted by molar-refractivity contribution is 0.353. The first-order chi connectivity index (χ1) is 8.49. The summed E-state index contributed by atoms with van der Waals surface area (Å²) in [6.45, 7) is 2.11. The van der Waals surface area contributed by atoms with E-state index in [-0.39, 0.29) is 6.16 Å². The highest BCUT2D eigenvalue weighted by Crippen LogP contribution is 2.39. The number of nitrogens with one attached hydrogen (secondary N) is 1. The lowest BCUT2D eigenvalue weighted by atomic mass is 9.84. The van der Waals surface area contributed by atoms with Crippen LogP contribution in [0.15, 0.2) is 24.3 Å². The molecule has 0 spiro atoms. The Morgan fingerprint density at radius 1 is 1.39 bits per heavy atom. The van der Waals surface area contributed by atoms with Gasteiger partial charge >= 0.3 is 7.60 Å². The molecule has 1 aromatic rings. The average Bonchev–Trinajstić information content (AvgIpc) is 2.34. The van der Waals surface area contributed by atoms with Crippen molar-refractivity contribution in [2.24, 2.45) is 5.92 Å². The Balaban J connectivity index is 2.09. The first-order valence-corrected chi connectivity index (χ1v) is 8.18. The molecule has 2 rings (SSSR count). The first-order valence-electron chi connectivity index (χ1n) is 6.38. The number of fused-ring (bicyclic) bond motifs is 1. The Labute approximate surface area is 108 Å². The molecule has 0 amide bonds. The Hall–Kier alpha value is -0.830. The van der Waals surface area contributed by atoms with E-state index in [1.54, 1.807) is 0 Å². The monoisotopic (exact) mass is 269 g/mol. The van der Waals surface area contributed by atoms with Gasteiger partial charge in [0.15, 0.2) is 0 Å². The standard InChI is InChI=1S/C13H20NO3P/c1-2-12-11(7-8-18(15,16)17)9-10-5-3-4-6-13(10)14-12/h3-6,11-12,14H,2,7-9H2,1H3,(H2,15,16,17). The molecule has 18 heavy (non-hydrogen) atoms. The van der Waals surface area contributed by atoms with E-state index in [1.807, 2.05) is 12.1 Å². The van der Waals surface area contributed by atoms with E-state index in [0.717, 1.165) is 18.5 Å². The third-order valence-corrected chi connectivity index (χ3v) is 4.48. The Kier molecular flexibility index (Phi) is 4.10. The molecular formula is C13H20NO3P. The second-order valence-corrected chi connectivity index (χ2v) is 6.73. The van der Waals surface area contributed by atoms with Crippen LogP contribution in [0.4, 0.5) is 5.69 Å². The number of benzene rings is 1. The zero-order valence-electron chi connectivity index (χ0n) is 10.5. The van der Waals surface area contributed by atoms with E-state index in [9.17, 15) is 4.57 Å². The molecule has 1 heterocycles. The maximum atomic E-state index is 11.0. The van der Waals surface area contributed by atoms with Crippen LogP contribution in [0.25, 0.3) is 0 Å². The van der Waals surface area contributed by atoms with Gasteiger partial charge in [-0.3, -0.25) is 4.57 Å². The minimum absolute atomic E-state index is 0.0159. The molecule has 0 radical (unpaired) electrons. The molecular weight excluding hydrogens is 249 g/mol. The summed E-state index contributed by atoms with van der Waals surface area (Å²) in [5.41, 5.74) is 2.41. The van der Waals surface area contributed by atoms with Crippen LogP contribution in [0, 0.1) is 5.92 Å². The molecule has 1 aliphatic heterocycles. The summed E-state index contributed by atoms with van der Waals surface area (Å²) in [5.74, 6) is 0.303.